The summed E-state index contributed by atoms with van der Waals surface area (Å²) in [5, 5.41) is 3.27. The van der Waals surface area contributed by atoms with E-state index in [-0.39, 0.29) is 11.8 Å². The Bertz CT molecular complexity index is 628. The third-order valence-electron chi connectivity index (χ3n) is 3.93. The van der Waals surface area contributed by atoms with Gasteiger partial charge in [-0.25, -0.2) is 0 Å². The first kappa shape index (κ1) is 18.5. The standard InChI is InChI=1S/C17H24ClN3O3/c1-17(2,19)10-20-15(22)13-5-4-8-21(13)16(23)12-9-11(18)6-7-14(12)24-3/h6-7,9,13H,4-5,8,10,19H2,1-3H3,(H,20,22). The van der Waals surface area contributed by atoms with E-state index in [0.717, 1.165) is 6.42 Å². The van der Waals surface area contributed by atoms with Crippen LogP contribution in [0.3, 0.4) is 0 Å². The first-order chi connectivity index (χ1) is 11.2. The molecule has 7 heteroatoms. The van der Waals surface area contributed by atoms with E-state index in [4.69, 9.17) is 22.1 Å². The second-order valence-electron chi connectivity index (χ2n) is 6.71. The molecule has 24 heavy (non-hydrogen) atoms. The second-order valence-corrected chi connectivity index (χ2v) is 7.14. The highest BCUT2D eigenvalue weighted by atomic mass is 35.5. The van der Waals surface area contributed by atoms with Crippen LogP contribution >= 0.6 is 11.6 Å². The van der Waals surface area contributed by atoms with E-state index in [1.165, 1.54) is 7.11 Å². The van der Waals surface area contributed by atoms with Crippen molar-refractivity contribution in [1.82, 2.24) is 10.2 Å². The smallest absolute Gasteiger partial charge is 0.258 e. The molecule has 1 aromatic rings. The summed E-state index contributed by atoms with van der Waals surface area (Å²) < 4.78 is 5.25. The number of carbonyl (C=O) groups excluding carboxylic acids is 2. The quantitative estimate of drug-likeness (QED) is 0.845. The van der Waals surface area contributed by atoms with Gasteiger partial charge in [-0.2, -0.15) is 0 Å². The normalized spacial score (nSPS) is 17.7. The van der Waals surface area contributed by atoms with Crippen molar-refractivity contribution >= 4 is 23.4 Å². The van der Waals surface area contributed by atoms with Gasteiger partial charge in [0.05, 0.1) is 12.7 Å². The van der Waals surface area contributed by atoms with Crippen molar-refractivity contribution in [3.05, 3.63) is 28.8 Å². The summed E-state index contributed by atoms with van der Waals surface area (Å²) >= 11 is 6.00. The Morgan fingerprint density at radius 2 is 2.17 bits per heavy atom. The zero-order chi connectivity index (χ0) is 17.9. The highest BCUT2D eigenvalue weighted by Crippen LogP contribution is 2.27. The van der Waals surface area contributed by atoms with Crippen LogP contribution in [0, 0.1) is 0 Å². The Hall–Kier alpha value is -1.79. The van der Waals surface area contributed by atoms with Crippen LogP contribution in [-0.2, 0) is 4.79 Å². The third-order valence-corrected chi connectivity index (χ3v) is 4.16. The molecule has 2 amide bonds. The minimum absolute atomic E-state index is 0.180. The fraction of sp³-hybridized carbons (Fsp3) is 0.529. The minimum Gasteiger partial charge on any atom is -0.496 e. The van der Waals surface area contributed by atoms with Gasteiger partial charge in [-0.3, -0.25) is 9.59 Å². The lowest BCUT2D eigenvalue weighted by Gasteiger charge is -2.26. The van der Waals surface area contributed by atoms with Gasteiger partial charge in [-0.1, -0.05) is 11.6 Å². The van der Waals surface area contributed by atoms with Gasteiger partial charge >= 0.3 is 0 Å². The van der Waals surface area contributed by atoms with E-state index >= 15 is 0 Å². The fourth-order valence-electron chi connectivity index (χ4n) is 2.72. The van der Waals surface area contributed by atoms with Crippen LogP contribution in [0.5, 0.6) is 5.75 Å². The number of ether oxygens (including phenoxy) is 1. The van der Waals surface area contributed by atoms with Crippen LogP contribution in [0.4, 0.5) is 0 Å². The molecule has 6 nitrogen and oxygen atoms in total. The van der Waals surface area contributed by atoms with Crippen LogP contribution < -0.4 is 15.8 Å². The second kappa shape index (κ2) is 7.40. The lowest BCUT2D eigenvalue weighted by molar-refractivity contribution is -0.125. The fourth-order valence-corrected chi connectivity index (χ4v) is 2.89. The molecule has 3 N–H and O–H groups in total. The van der Waals surface area contributed by atoms with Crippen molar-refractivity contribution in [3.63, 3.8) is 0 Å². The van der Waals surface area contributed by atoms with Crippen molar-refractivity contribution in [3.8, 4) is 5.75 Å². The zero-order valence-corrected chi connectivity index (χ0v) is 15.0. The number of carbonyl (C=O) groups is 2. The number of hydrogen-bond acceptors (Lipinski definition) is 4. The van der Waals surface area contributed by atoms with Gasteiger partial charge in [-0.15, -0.1) is 0 Å². The Morgan fingerprint density at radius 3 is 2.79 bits per heavy atom. The molecule has 2 rings (SSSR count). The van der Waals surface area contributed by atoms with Gasteiger partial charge in [0.2, 0.25) is 5.91 Å². The van der Waals surface area contributed by atoms with E-state index in [0.29, 0.717) is 35.8 Å². The van der Waals surface area contributed by atoms with Gasteiger partial charge in [0.1, 0.15) is 11.8 Å². The van der Waals surface area contributed by atoms with Crippen molar-refractivity contribution in [2.45, 2.75) is 38.3 Å². The van der Waals surface area contributed by atoms with Gasteiger partial charge in [0.15, 0.2) is 0 Å². The van der Waals surface area contributed by atoms with Gasteiger partial charge in [0, 0.05) is 23.7 Å². The summed E-state index contributed by atoms with van der Waals surface area (Å²) in [7, 11) is 1.50. The average molecular weight is 354 g/mol. The first-order valence-electron chi connectivity index (χ1n) is 7.94. The lowest BCUT2D eigenvalue weighted by Crippen LogP contribution is -2.51. The number of nitrogens with two attached hydrogens (primary N) is 1. The van der Waals surface area contributed by atoms with Crippen molar-refractivity contribution in [2.24, 2.45) is 5.73 Å². The number of nitrogens with zero attached hydrogens (tertiary/aromatic N) is 1. The van der Waals surface area contributed by atoms with Crippen LogP contribution in [-0.4, -0.2) is 48.5 Å². The molecule has 0 radical (unpaired) electrons. The number of methoxy groups -OCH3 is 1. The van der Waals surface area contributed by atoms with E-state index in [2.05, 4.69) is 5.32 Å². The van der Waals surface area contributed by atoms with Crippen LogP contribution in [0.25, 0.3) is 0 Å². The molecule has 1 atom stereocenters. The van der Waals surface area contributed by atoms with E-state index in [1.807, 2.05) is 13.8 Å². The molecule has 1 heterocycles. The predicted octanol–water partition coefficient (Wildman–Crippen LogP) is 1.81. The molecule has 1 unspecified atom stereocenters. The maximum absolute atomic E-state index is 12.9. The van der Waals surface area contributed by atoms with Gasteiger partial charge < -0.3 is 20.7 Å². The van der Waals surface area contributed by atoms with Gasteiger partial charge in [0.25, 0.3) is 5.91 Å². The molecule has 1 fully saturated rings. The lowest BCUT2D eigenvalue weighted by atomic mass is 10.1. The monoisotopic (exact) mass is 353 g/mol. The first-order valence-corrected chi connectivity index (χ1v) is 8.32. The van der Waals surface area contributed by atoms with E-state index in [1.54, 1.807) is 23.1 Å². The van der Waals surface area contributed by atoms with Crippen LogP contribution in [0.15, 0.2) is 18.2 Å². The molecule has 1 aliphatic rings. The molecule has 1 aliphatic heterocycles. The minimum atomic E-state index is -0.501. The van der Waals surface area contributed by atoms with E-state index in [9.17, 15) is 9.59 Å². The Balaban J connectivity index is 2.16. The highest BCUT2D eigenvalue weighted by molar-refractivity contribution is 6.31. The topological polar surface area (TPSA) is 84.7 Å². The zero-order valence-electron chi connectivity index (χ0n) is 14.3. The van der Waals surface area contributed by atoms with Crippen molar-refractivity contribution in [1.29, 1.82) is 0 Å². The largest absolute Gasteiger partial charge is 0.496 e. The van der Waals surface area contributed by atoms with Crippen LogP contribution in [0.1, 0.15) is 37.0 Å². The molecule has 0 bridgehead atoms. The summed E-state index contributed by atoms with van der Waals surface area (Å²) in [6, 6.07) is 4.38. The Kier molecular flexibility index (Phi) is 5.72. The number of halogens is 1. The third kappa shape index (κ3) is 4.39. The molecule has 1 aromatic carbocycles. The summed E-state index contributed by atoms with van der Waals surface area (Å²) in [5.74, 6) is 0.0120. The van der Waals surface area contributed by atoms with Crippen molar-refractivity contribution < 1.29 is 14.3 Å². The maximum Gasteiger partial charge on any atom is 0.258 e. The summed E-state index contributed by atoms with van der Waals surface area (Å²) in [6.07, 6.45) is 1.41. The molecule has 0 saturated carbocycles. The number of amides is 2. The predicted molar refractivity (Wildman–Crippen MR) is 93.3 cm³/mol. The molecule has 132 valence electrons. The molecular formula is C17H24ClN3O3. The number of hydrogen-bond donors (Lipinski definition) is 2. The summed E-state index contributed by atoms with van der Waals surface area (Å²) in [5.41, 5.74) is 5.76. The number of nitrogens with one attached hydrogen (secondary N) is 1. The average Bonchev–Trinajstić information content (AvgIpc) is 3.00. The number of likely N-dealkylation sites (tertiary alicyclic amines) is 1. The summed E-state index contributed by atoms with van der Waals surface area (Å²) in [4.78, 5) is 26.9. The molecule has 1 saturated heterocycles. The molecule has 0 aromatic heterocycles. The maximum atomic E-state index is 12.9. The number of rotatable bonds is 5. The van der Waals surface area contributed by atoms with Gasteiger partial charge in [-0.05, 0) is 44.9 Å². The Morgan fingerprint density at radius 1 is 1.46 bits per heavy atom. The van der Waals surface area contributed by atoms with Crippen LogP contribution in [0.2, 0.25) is 5.02 Å². The Labute approximate surface area is 147 Å². The highest BCUT2D eigenvalue weighted by Gasteiger charge is 2.35. The van der Waals surface area contributed by atoms with Crippen molar-refractivity contribution in [2.75, 3.05) is 20.2 Å². The molecule has 0 aliphatic carbocycles. The summed E-state index contributed by atoms with van der Waals surface area (Å²) in [6.45, 7) is 4.55. The number of benzene rings is 1. The molecule has 0 spiro atoms. The molecular weight excluding hydrogens is 330 g/mol. The SMILES string of the molecule is COc1ccc(Cl)cc1C(=O)N1CCCC1C(=O)NCC(C)(C)N. The van der Waals surface area contributed by atoms with E-state index < -0.39 is 11.6 Å².